The molecule has 0 spiro atoms. The molecule has 0 aliphatic carbocycles. The highest BCUT2D eigenvalue weighted by molar-refractivity contribution is 5.92. The standard InChI is InChI=1S/C13H16F2N2O3/c1-2-5-17(8-13(19)20)7-12(18)16-9-3-4-10(14)11(15)6-9/h3-4,6H,2,5,7-8H2,1H3,(H,16,18)(H,19,20). The average Bonchev–Trinajstić information content (AvgIpc) is 2.33. The maximum Gasteiger partial charge on any atom is 0.317 e. The highest BCUT2D eigenvalue weighted by atomic mass is 19.2. The monoisotopic (exact) mass is 286 g/mol. The fourth-order valence-electron chi connectivity index (χ4n) is 1.70. The molecule has 1 amide bonds. The van der Waals surface area contributed by atoms with E-state index in [1.165, 1.54) is 11.0 Å². The van der Waals surface area contributed by atoms with Crippen LogP contribution in [0.5, 0.6) is 0 Å². The summed E-state index contributed by atoms with van der Waals surface area (Å²) in [4.78, 5) is 23.8. The SMILES string of the molecule is CCCN(CC(=O)O)CC(=O)Nc1ccc(F)c(F)c1. The lowest BCUT2D eigenvalue weighted by Gasteiger charge is -2.18. The van der Waals surface area contributed by atoms with Crippen molar-refractivity contribution in [1.29, 1.82) is 0 Å². The van der Waals surface area contributed by atoms with Crippen LogP contribution in [0.15, 0.2) is 18.2 Å². The number of carboxylic acid groups (broad SMARTS) is 1. The van der Waals surface area contributed by atoms with Crippen molar-refractivity contribution in [2.45, 2.75) is 13.3 Å². The second-order valence-electron chi connectivity index (χ2n) is 4.28. The predicted octanol–water partition coefficient (Wildman–Crippen LogP) is 1.70. The smallest absolute Gasteiger partial charge is 0.317 e. The molecule has 0 aliphatic rings. The van der Waals surface area contributed by atoms with E-state index in [0.29, 0.717) is 13.0 Å². The quantitative estimate of drug-likeness (QED) is 0.800. The second kappa shape index (κ2) is 7.54. The number of anilines is 1. The van der Waals surface area contributed by atoms with E-state index in [4.69, 9.17) is 5.11 Å². The average molecular weight is 286 g/mol. The summed E-state index contributed by atoms with van der Waals surface area (Å²) in [6.45, 7) is 1.94. The van der Waals surface area contributed by atoms with Crippen LogP contribution in [0.1, 0.15) is 13.3 Å². The Bertz CT molecular complexity index is 495. The number of amides is 1. The van der Waals surface area contributed by atoms with Gasteiger partial charge in [-0.15, -0.1) is 0 Å². The molecule has 0 aromatic heterocycles. The number of nitrogens with one attached hydrogen (secondary N) is 1. The van der Waals surface area contributed by atoms with Gasteiger partial charge in [0.05, 0.1) is 13.1 Å². The number of benzene rings is 1. The molecule has 2 N–H and O–H groups in total. The Hall–Kier alpha value is -2.02. The van der Waals surface area contributed by atoms with E-state index in [2.05, 4.69) is 5.32 Å². The van der Waals surface area contributed by atoms with Crippen LogP contribution in [-0.4, -0.2) is 41.5 Å². The molecular formula is C13H16F2N2O3. The Morgan fingerprint density at radius 2 is 1.95 bits per heavy atom. The first-order chi connectivity index (χ1) is 9.42. The van der Waals surface area contributed by atoms with Crippen molar-refractivity contribution in [3.63, 3.8) is 0 Å². The van der Waals surface area contributed by atoms with Gasteiger partial charge < -0.3 is 10.4 Å². The summed E-state index contributed by atoms with van der Waals surface area (Å²) >= 11 is 0. The minimum atomic E-state index is -1.06. The molecule has 0 heterocycles. The third-order valence-corrected chi connectivity index (χ3v) is 2.47. The zero-order valence-corrected chi connectivity index (χ0v) is 11.0. The zero-order valence-electron chi connectivity index (χ0n) is 11.0. The Balaban J connectivity index is 2.60. The van der Waals surface area contributed by atoms with Crippen LogP contribution in [-0.2, 0) is 9.59 Å². The molecule has 7 heteroatoms. The lowest BCUT2D eigenvalue weighted by Crippen LogP contribution is -2.37. The Labute approximate surface area is 115 Å². The number of carbonyl (C=O) groups excluding carboxylic acids is 1. The van der Waals surface area contributed by atoms with Crippen molar-refractivity contribution in [2.24, 2.45) is 0 Å². The van der Waals surface area contributed by atoms with Crippen molar-refractivity contribution in [3.8, 4) is 0 Å². The van der Waals surface area contributed by atoms with Crippen LogP contribution < -0.4 is 5.32 Å². The van der Waals surface area contributed by atoms with Gasteiger partial charge in [-0.25, -0.2) is 8.78 Å². The van der Waals surface area contributed by atoms with E-state index in [0.717, 1.165) is 12.1 Å². The summed E-state index contributed by atoms with van der Waals surface area (Å²) in [5, 5.41) is 11.1. The van der Waals surface area contributed by atoms with Crippen LogP contribution in [0, 0.1) is 11.6 Å². The highest BCUT2D eigenvalue weighted by Crippen LogP contribution is 2.13. The molecule has 1 rings (SSSR count). The number of carboxylic acids is 1. The fraction of sp³-hybridized carbons (Fsp3) is 0.385. The first-order valence-corrected chi connectivity index (χ1v) is 6.11. The number of nitrogens with zero attached hydrogens (tertiary/aromatic N) is 1. The number of rotatable bonds is 7. The molecule has 0 atom stereocenters. The van der Waals surface area contributed by atoms with Gasteiger partial charge in [0.2, 0.25) is 5.91 Å². The van der Waals surface area contributed by atoms with Gasteiger partial charge in [0.25, 0.3) is 0 Å². The van der Waals surface area contributed by atoms with Gasteiger partial charge in [-0.05, 0) is 25.1 Å². The second-order valence-corrected chi connectivity index (χ2v) is 4.28. The van der Waals surface area contributed by atoms with E-state index in [9.17, 15) is 18.4 Å². The maximum absolute atomic E-state index is 13.0. The van der Waals surface area contributed by atoms with Gasteiger partial charge in [-0.3, -0.25) is 14.5 Å². The van der Waals surface area contributed by atoms with Gasteiger partial charge in [0.1, 0.15) is 0 Å². The molecule has 0 saturated heterocycles. The van der Waals surface area contributed by atoms with E-state index in [1.54, 1.807) is 0 Å². The number of carbonyl (C=O) groups is 2. The molecule has 1 aromatic carbocycles. The van der Waals surface area contributed by atoms with E-state index < -0.39 is 23.5 Å². The van der Waals surface area contributed by atoms with Crippen LogP contribution in [0.25, 0.3) is 0 Å². The number of halogens is 2. The van der Waals surface area contributed by atoms with E-state index in [-0.39, 0.29) is 18.8 Å². The summed E-state index contributed by atoms with van der Waals surface area (Å²) < 4.78 is 25.7. The van der Waals surface area contributed by atoms with Crippen molar-refractivity contribution in [2.75, 3.05) is 25.0 Å². The van der Waals surface area contributed by atoms with Gasteiger partial charge in [0, 0.05) is 11.8 Å². The molecule has 5 nitrogen and oxygen atoms in total. The minimum absolute atomic E-state index is 0.126. The van der Waals surface area contributed by atoms with Crippen LogP contribution in [0.2, 0.25) is 0 Å². The first-order valence-electron chi connectivity index (χ1n) is 6.11. The highest BCUT2D eigenvalue weighted by Gasteiger charge is 2.13. The Morgan fingerprint density at radius 3 is 2.50 bits per heavy atom. The zero-order chi connectivity index (χ0) is 15.1. The molecule has 0 aliphatic heterocycles. The van der Waals surface area contributed by atoms with Crippen molar-refractivity contribution in [1.82, 2.24) is 4.90 Å². The third kappa shape index (κ3) is 5.31. The molecular weight excluding hydrogens is 270 g/mol. The summed E-state index contributed by atoms with van der Waals surface area (Å²) in [6, 6.07) is 3.01. The molecule has 0 radical (unpaired) electrons. The minimum Gasteiger partial charge on any atom is -0.480 e. The summed E-state index contributed by atoms with van der Waals surface area (Å²) in [5.41, 5.74) is 0.126. The maximum atomic E-state index is 13.0. The molecule has 110 valence electrons. The van der Waals surface area contributed by atoms with Crippen LogP contribution in [0.4, 0.5) is 14.5 Å². The van der Waals surface area contributed by atoms with Crippen molar-refractivity contribution < 1.29 is 23.5 Å². The van der Waals surface area contributed by atoms with Crippen molar-refractivity contribution in [3.05, 3.63) is 29.8 Å². The summed E-state index contributed by atoms with van der Waals surface area (Å²) in [7, 11) is 0. The topological polar surface area (TPSA) is 69.6 Å². The number of hydrogen-bond donors (Lipinski definition) is 2. The van der Waals surface area contributed by atoms with Gasteiger partial charge in [0.15, 0.2) is 11.6 Å². The Kier molecular flexibility index (Phi) is 6.05. The number of aliphatic carboxylic acids is 1. The summed E-state index contributed by atoms with van der Waals surface area (Å²) in [6.07, 6.45) is 0.700. The van der Waals surface area contributed by atoms with E-state index in [1.807, 2.05) is 6.92 Å². The lowest BCUT2D eigenvalue weighted by molar-refractivity contribution is -0.138. The molecule has 0 fully saturated rings. The largest absolute Gasteiger partial charge is 0.480 e. The molecule has 0 unspecified atom stereocenters. The molecule has 0 saturated carbocycles. The third-order valence-electron chi connectivity index (χ3n) is 2.47. The molecule has 0 bridgehead atoms. The van der Waals surface area contributed by atoms with Crippen LogP contribution in [0.3, 0.4) is 0 Å². The first kappa shape index (κ1) is 16.0. The van der Waals surface area contributed by atoms with Gasteiger partial charge in [-0.2, -0.15) is 0 Å². The molecule has 20 heavy (non-hydrogen) atoms. The predicted molar refractivity (Wildman–Crippen MR) is 69.4 cm³/mol. The van der Waals surface area contributed by atoms with E-state index >= 15 is 0 Å². The van der Waals surface area contributed by atoms with Gasteiger partial charge in [-0.1, -0.05) is 6.92 Å². The Morgan fingerprint density at radius 1 is 1.25 bits per heavy atom. The summed E-state index contributed by atoms with van der Waals surface area (Å²) in [5.74, 6) is -3.56. The fourth-order valence-corrected chi connectivity index (χ4v) is 1.70. The molecule has 1 aromatic rings. The lowest BCUT2D eigenvalue weighted by atomic mass is 10.3. The van der Waals surface area contributed by atoms with Crippen LogP contribution >= 0.6 is 0 Å². The normalized spacial score (nSPS) is 10.6. The number of hydrogen-bond acceptors (Lipinski definition) is 3. The van der Waals surface area contributed by atoms with Crippen molar-refractivity contribution >= 4 is 17.6 Å². The van der Waals surface area contributed by atoms with Gasteiger partial charge >= 0.3 is 5.97 Å².